The zero-order valence-corrected chi connectivity index (χ0v) is 12.8. The summed E-state index contributed by atoms with van der Waals surface area (Å²) in [6, 6.07) is 13.5. The zero-order chi connectivity index (χ0) is 15.9. The molecule has 2 aromatic rings. The van der Waals surface area contributed by atoms with Gasteiger partial charge in [-0.1, -0.05) is 37.3 Å². The number of methoxy groups -OCH3 is 1. The highest BCUT2D eigenvalue weighted by Gasteiger charge is 2.06. The minimum atomic E-state index is -0.0383. The molecule has 0 spiro atoms. The largest absolute Gasteiger partial charge is 0.496 e. The molecule has 0 amide bonds. The van der Waals surface area contributed by atoms with E-state index in [1.807, 2.05) is 36.4 Å². The van der Waals surface area contributed by atoms with E-state index in [4.69, 9.17) is 11.3 Å². The van der Waals surface area contributed by atoms with Crippen molar-refractivity contribution < 1.29 is 9.84 Å². The van der Waals surface area contributed by atoms with E-state index in [2.05, 4.69) is 11.8 Å². The van der Waals surface area contributed by atoms with Crippen molar-refractivity contribution in [2.75, 3.05) is 7.11 Å². The Kier molecular flexibility index (Phi) is 5.35. The number of nitrogens with zero attached hydrogens (tertiary/aromatic N) is 1. The van der Waals surface area contributed by atoms with E-state index in [0.29, 0.717) is 11.4 Å². The molecular weight excluding hydrogens is 274 g/mol. The van der Waals surface area contributed by atoms with Crippen LogP contribution in [-0.2, 0) is 13.0 Å². The fourth-order valence-corrected chi connectivity index (χ4v) is 2.23. The average molecular weight is 293 g/mol. The van der Waals surface area contributed by atoms with E-state index in [9.17, 15) is 5.11 Å². The van der Waals surface area contributed by atoms with Gasteiger partial charge < -0.3 is 9.84 Å². The van der Waals surface area contributed by atoms with Gasteiger partial charge in [-0.25, -0.2) is 4.85 Å². The monoisotopic (exact) mass is 293 g/mol. The molecule has 0 radical (unpaired) electrons. The van der Waals surface area contributed by atoms with Crippen LogP contribution in [-0.4, -0.2) is 12.2 Å². The third kappa shape index (κ3) is 3.55. The van der Waals surface area contributed by atoms with Crippen molar-refractivity contribution in [1.29, 1.82) is 0 Å². The molecule has 0 saturated carbocycles. The van der Waals surface area contributed by atoms with Crippen molar-refractivity contribution in [1.82, 2.24) is 0 Å². The molecular formula is C19H19NO2. The van der Waals surface area contributed by atoms with Crippen molar-refractivity contribution in [3.05, 3.63) is 76.1 Å². The Hall–Kier alpha value is -2.57. The first-order chi connectivity index (χ1) is 10.7. The second-order valence-corrected chi connectivity index (χ2v) is 4.93. The normalized spacial score (nSPS) is 11.1. The molecule has 1 N–H and O–H groups in total. The first-order valence-corrected chi connectivity index (χ1v) is 7.18. The average Bonchev–Trinajstić information content (AvgIpc) is 2.59. The summed E-state index contributed by atoms with van der Waals surface area (Å²) >= 11 is 0. The third-order valence-electron chi connectivity index (χ3n) is 3.55. The van der Waals surface area contributed by atoms with Crippen LogP contribution in [0.15, 0.2) is 42.5 Å². The Morgan fingerprint density at radius 1 is 1.18 bits per heavy atom. The zero-order valence-electron chi connectivity index (χ0n) is 12.8. The van der Waals surface area contributed by atoms with E-state index in [-0.39, 0.29) is 6.61 Å². The summed E-state index contributed by atoms with van der Waals surface area (Å²) < 4.78 is 5.33. The third-order valence-corrected chi connectivity index (χ3v) is 3.55. The highest BCUT2D eigenvalue weighted by molar-refractivity contribution is 5.86. The highest BCUT2D eigenvalue weighted by atomic mass is 16.5. The van der Waals surface area contributed by atoms with Gasteiger partial charge in [-0.3, -0.25) is 0 Å². The molecule has 112 valence electrons. The number of aliphatic hydroxyl groups is 1. The molecule has 0 saturated heterocycles. The molecule has 0 aromatic heterocycles. The number of aryl methyl sites for hydroxylation is 1. The number of hydrogen-bond donors (Lipinski definition) is 1. The standard InChI is InChI=1S/C19H19NO2/c1-4-14-5-8-16(9-6-14)18(20-2)12-17-11-15(13-21)7-10-19(17)22-3/h5-12,21H,4,13H2,1,3H3/b18-12-. The van der Waals surface area contributed by atoms with Crippen LogP contribution in [0.2, 0.25) is 0 Å². The predicted molar refractivity (Wildman–Crippen MR) is 89.2 cm³/mol. The van der Waals surface area contributed by atoms with Gasteiger partial charge in [0.25, 0.3) is 0 Å². The molecule has 3 heteroatoms. The summed E-state index contributed by atoms with van der Waals surface area (Å²) in [5.74, 6) is 0.684. The van der Waals surface area contributed by atoms with Crippen LogP contribution >= 0.6 is 0 Å². The van der Waals surface area contributed by atoms with Gasteiger partial charge >= 0.3 is 0 Å². The van der Waals surface area contributed by atoms with Crippen LogP contribution in [0, 0.1) is 6.57 Å². The summed E-state index contributed by atoms with van der Waals surface area (Å²) in [7, 11) is 1.60. The lowest BCUT2D eigenvalue weighted by Gasteiger charge is -2.08. The maximum atomic E-state index is 9.27. The molecule has 0 atom stereocenters. The summed E-state index contributed by atoms with van der Waals surface area (Å²) in [6.07, 6.45) is 2.77. The molecule has 0 heterocycles. The Morgan fingerprint density at radius 2 is 1.86 bits per heavy atom. The Labute approximate surface area is 131 Å². The number of ether oxygens (including phenoxy) is 1. The van der Waals surface area contributed by atoms with E-state index in [1.54, 1.807) is 19.3 Å². The SMILES string of the molecule is [C-]#[N+]/C(=C\c1cc(CO)ccc1OC)c1ccc(CC)cc1. The van der Waals surface area contributed by atoms with Crippen LogP contribution < -0.4 is 4.74 Å². The quantitative estimate of drug-likeness (QED) is 0.663. The summed E-state index contributed by atoms with van der Waals surface area (Å²) in [5.41, 5.74) is 4.25. The molecule has 0 bridgehead atoms. The maximum Gasteiger partial charge on any atom is 0.195 e. The van der Waals surface area contributed by atoms with Gasteiger partial charge in [0.05, 0.1) is 20.3 Å². The molecule has 2 aromatic carbocycles. The highest BCUT2D eigenvalue weighted by Crippen LogP contribution is 2.27. The van der Waals surface area contributed by atoms with Crippen LogP contribution in [0.1, 0.15) is 29.2 Å². The van der Waals surface area contributed by atoms with Crippen molar-refractivity contribution in [2.24, 2.45) is 0 Å². The van der Waals surface area contributed by atoms with Gasteiger partial charge in [-0.2, -0.15) is 0 Å². The molecule has 0 aliphatic rings. The van der Waals surface area contributed by atoms with Crippen molar-refractivity contribution >= 4 is 11.8 Å². The molecule has 0 aliphatic carbocycles. The fraction of sp³-hybridized carbons (Fsp3) is 0.211. The maximum absolute atomic E-state index is 9.27. The Balaban J connectivity index is 2.45. The predicted octanol–water partition coefficient (Wildman–Crippen LogP) is 4.17. The van der Waals surface area contributed by atoms with Crippen LogP contribution in [0.4, 0.5) is 0 Å². The number of rotatable bonds is 5. The van der Waals surface area contributed by atoms with Crippen LogP contribution in [0.3, 0.4) is 0 Å². The topological polar surface area (TPSA) is 33.8 Å². The van der Waals surface area contributed by atoms with Gasteiger partial charge in [0.15, 0.2) is 5.70 Å². The van der Waals surface area contributed by atoms with E-state index in [1.165, 1.54) is 5.56 Å². The van der Waals surface area contributed by atoms with Crippen molar-refractivity contribution in [3.63, 3.8) is 0 Å². The lowest BCUT2D eigenvalue weighted by atomic mass is 10.0. The lowest BCUT2D eigenvalue weighted by molar-refractivity contribution is 0.281. The van der Waals surface area contributed by atoms with Gasteiger partial charge in [0.2, 0.25) is 0 Å². The summed E-state index contributed by atoms with van der Waals surface area (Å²) in [5, 5.41) is 9.27. The first kappa shape index (κ1) is 15.8. The van der Waals surface area contributed by atoms with Gasteiger partial charge in [0.1, 0.15) is 5.75 Å². The molecule has 2 rings (SSSR count). The smallest absolute Gasteiger partial charge is 0.195 e. The fourth-order valence-electron chi connectivity index (χ4n) is 2.23. The molecule has 0 aliphatic heterocycles. The van der Waals surface area contributed by atoms with Gasteiger partial charge in [-0.05, 0) is 41.3 Å². The van der Waals surface area contributed by atoms with Crippen LogP contribution in [0.5, 0.6) is 5.75 Å². The molecule has 0 unspecified atom stereocenters. The van der Waals surface area contributed by atoms with Gasteiger partial charge in [0, 0.05) is 5.56 Å². The minimum absolute atomic E-state index is 0.0383. The van der Waals surface area contributed by atoms with E-state index in [0.717, 1.165) is 23.1 Å². The molecule has 0 fully saturated rings. The Bertz CT molecular complexity index is 709. The van der Waals surface area contributed by atoms with Gasteiger partial charge in [-0.15, -0.1) is 0 Å². The van der Waals surface area contributed by atoms with Crippen molar-refractivity contribution in [2.45, 2.75) is 20.0 Å². The molecule has 22 heavy (non-hydrogen) atoms. The summed E-state index contributed by atoms with van der Waals surface area (Å²) in [6.45, 7) is 9.50. The number of benzene rings is 2. The van der Waals surface area contributed by atoms with E-state index >= 15 is 0 Å². The van der Waals surface area contributed by atoms with Crippen molar-refractivity contribution in [3.8, 4) is 5.75 Å². The lowest BCUT2D eigenvalue weighted by Crippen LogP contribution is -1.91. The second-order valence-electron chi connectivity index (χ2n) is 4.93. The number of aliphatic hydroxyl groups excluding tert-OH is 1. The van der Waals surface area contributed by atoms with E-state index < -0.39 is 0 Å². The second kappa shape index (κ2) is 7.44. The Morgan fingerprint density at radius 3 is 2.41 bits per heavy atom. The summed E-state index contributed by atoms with van der Waals surface area (Å²) in [4.78, 5) is 3.63. The van der Waals surface area contributed by atoms with Crippen LogP contribution in [0.25, 0.3) is 16.6 Å². The molecule has 3 nitrogen and oxygen atoms in total. The first-order valence-electron chi connectivity index (χ1n) is 7.18. The number of hydrogen-bond acceptors (Lipinski definition) is 2. The minimum Gasteiger partial charge on any atom is -0.496 e.